The molecular weight excluding hydrogens is 336 g/mol. The van der Waals surface area contributed by atoms with Crippen LogP contribution in [-0.4, -0.2) is 24.1 Å². The van der Waals surface area contributed by atoms with Crippen LogP contribution in [0.15, 0.2) is 78.9 Å². The molecule has 1 N–H and O–H groups in total. The number of aliphatic hydroxyl groups is 1. The summed E-state index contributed by atoms with van der Waals surface area (Å²) < 4.78 is 5.59. The third-order valence-electron chi connectivity index (χ3n) is 5.27. The predicted octanol–water partition coefficient (Wildman–Crippen LogP) is 4.49. The highest BCUT2D eigenvalue weighted by Gasteiger charge is 2.47. The minimum atomic E-state index is -1.18. The van der Waals surface area contributed by atoms with Gasteiger partial charge >= 0.3 is 0 Å². The zero-order chi connectivity index (χ0) is 19.4. The number of hydrogen-bond donors (Lipinski definition) is 1. The molecule has 0 heterocycles. The highest BCUT2D eigenvalue weighted by Crippen LogP contribution is 2.39. The average Bonchev–Trinajstić information content (AvgIpc) is 2.70. The minimum absolute atomic E-state index is 0.179. The molecule has 0 aliphatic heterocycles. The summed E-state index contributed by atoms with van der Waals surface area (Å²) in [4.78, 5) is 13.7. The van der Waals surface area contributed by atoms with Gasteiger partial charge in [-0.25, -0.2) is 0 Å². The van der Waals surface area contributed by atoms with Crippen LogP contribution < -0.4 is 0 Å². The Balaban J connectivity index is 2.09. The largest absolute Gasteiger partial charge is 0.387 e. The van der Waals surface area contributed by atoms with E-state index in [0.29, 0.717) is 5.92 Å². The summed E-state index contributed by atoms with van der Waals surface area (Å²) in [5.41, 5.74) is 1.56. The molecule has 27 heavy (non-hydrogen) atoms. The number of ketones is 1. The van der Waals surface area contributed by atoms with E-state index in [1.54, 1.807) is 18.2 Å². The normalized spacial score (nSPS) is 22.8. The molecule has 140 valence electrons. The number of benzene rings is 2. The topological polar surface area (TPSA) is 46.5 Å². The Bertz CT molecular complexity index is 834. The van der Waals surface area contributed by atoms with Gasteiger partial charge in [0.25, 0.3) is 0 Å². The fourth-order valence-electron chi connectivity index (χ4n) is 3.65. The number of Topliss-reactive ketones (excluding diaryl/α,β-unsaturated/α-hetero) is 1. The monoisotopic (exact) mass is 362 g/mol. The van der Waals surface area contributed by atoms with Crippen LogP contribution in [0.2, 0.25) is 0 Å². The average molecular weight is 362 g/mol. The van der Waals surface area contributed by atoms with Gasteiger partial charge in [0.1, 0.15) is 11.5 Å². The summed E-state index contributed by atoms with van der Waals surface area (Å²) in [6, 6.07) is 17.3. The number of allylic oxidation sites excluding steroid dienone is 2. The minimum Gasteiger partial charge on any atom is -0.387 e. The van der Waals surface area contributed by atoms with E-state index in [4.69, 9.17) is 4.74 Å². The summed E-state index contributed by atoms with van der Waals surface area (Å²) in [7, 11) is 1.53. The quantitative estimate of drug-likeness (QED) is 0.823. The predicted molar refractivity (Wildman–Crippen MR) is 108 cm³/mol. The van der Waals surface area contributed by atoms with Crippen molar-refractivity contribution in [3.8, 4) is 0 Å². The van der Waals surface area contributed by atoms with Crippen molar-refractivity contribution in [3.05, 3.63) is 95.6 Å². The van der Waals surface area contributed by atoms with Crippen LogP contribution in [0.4, 0.5) is 0 Å². The second-order valence-electron chi connectivity index (χ2n) is 7.23. The molecule has 2 aromatic rings. The molecule has 0 saturated heterocycles. The van der Waals surface area contributed by atoms with E-state index < -0.39 is 17.6 Å². The van der Waals surface area contributed by atoms with Crippen molar-refractivity contribution in [2.45, 2.75) is 37.4 Å². The molecule has 0 amide bonds. The van der Waals surface area contributed by atoms with Crippen LogP contribution >= 0.6 is 0 Å². The van der Waals surface area contributed by atoms with Crippen LogP contribution in [-0.2, 0) is 14.9 Å². The first-order valence-electron chi connectivity index (χ1n) is 9.27. The van der Waals surface area contributed by atoms with Gasteiger partial charge in [-0.05, 0) is 22.6 Å². The third-order valence-corrected chi connectivity index (χ3v) is 5.27. The van der Waals surface area contributed by atoms with Crippen LogP contribution in [0.25, 0.3) is 0 Å². The molecule has 0 aromatic heterocycles. The van der Waals surface area contributed by atoms with Crippen LogP contribution in [0.1, 0.15) is 42.6 Å². The molecule has 2 aromatic carbocycles. The van der Waals surface area contributed by atoms with Crippen molar-refractivity contribution in [1.82, 2.24) is 0 Å². The third kappa shape index (κ3) is 3.53. The van der Waals surface area contributed by atoms with E-state index >= 15 is 0 Å². The Kier molecular flexibility index (Phi) is 5.73. The first kappa shape index (κ1) is 19.3. The van der Waals surface area contributed by atoms with Gasteiger partial charge < -0.3 is 9.84 Å². The fourth-order valence-corrected chi connectivity index (χ4v) is 3.65. The Morgan fingerprint density at radius 3 is 2.22 bits per heavy atom. The second kappa shape index (κ2) is 8.03. The molecule has 0 spiro atoms. The van der Waals surface area contributed by atoms with Crippen molar-refractivity contribution in [3.63, 3.8) is 0 Å². The molecular formula is C24H26O3. The highest BCUT2D eigenvalue weighted by molar-refractivity contribution is 5.97. The first-order chi connectivity index (χ1) is 13.0. The zero-order valence-electron chi connectivity index (χ0n) is 16.0. The summed E-state index contributed by atoms with van der Waals surface area (Å²) in [6.45, 7) is 4.26. The summed E-state index contributed by atoms with van der Waals surface area (Å²) in [5.74, 6) is 0.218. The molecule has 3 rings (SSSR count). The molecule has 1 aliphatic carbocycles. The van der Waals surface area contributed by atoms with Gasteiger partial charge in [-0.15, -0.1) is 0 Å². The number of carbonyl (C=O) groups excluding carboxylic acids is 1. The van der Waals surface area contributed by atoms with Gasteiger partial charge in [0.05, 0.1) is 6.10 Å². The number of methoxy groups -OCH3 is 1. The van der Waals surface area contributed by atoms with Crippen LogP contribution in [0.5, 0.6) is 0 Å². The van der Waals surface area contributed by atoms with Gasteiger partial charge in [-0.2, -0.15) is 0 Å². The SMILES string of the molecule is COC(C(=O)C1(c2ccc(C(C)C)cc2)C=CC=CC1O)c1ccccc1. The lowest BCUT2D eigenvalue weighted by molar-refractivity contribution is -0.136. The Hall–Kier alpha value is -2.49. The maximum Gasteiger partial charge on any atom is 0.183 e. The number of ether oxygens (including phenoxy) is 1. The zero-order valence-corrected chi connectivity index (χ0v) is 16.0. The number of aliphatic hydroxyl groups excluding tert-OH is 1. The lowest BCUT2D eigenvalue weighted by Crippen LogP contribution is -2.48. The van der Waals surface area contributed by atoms with E-state index in [1.807, 2.05) is 60.7 Å². The molecule has 1 aliphatic rings. The highest BCUT2D eigenvalue weighted by atomic mass is 16.5. The maximum atomic E-state index is 13.7. The summed E-state index contributed by atoms with van der Waals surface area (Å²) >= 11 is 0. The first-order valence-corrected chi connectivity index (χ1v) is 9.27. The van der Waals surface area contributed by atoms with E-state index in [0.717, 1.165) is 11.1 Å². The lowest BCUT2D eigenvalue weighted by atomic mass is 9.68. The lowest BCUT2D eigenvalue weighted by Gasteiger charge is -2.37. The van der Waals surface area contributed by atoms with E-state index in [1.165, 1.54) is 12.7 Å². The Labute approximate surface area is 161 Å². The van der Waals surface area contributed by atoms with Crippen molar-refractivity contribution in [2.75, 3.05) is 7.11 Å². The van der Waals surface area contributed by atoms with E-state index in [2.05, 4.69) is 13.8 Å². The second-order valence-corrected chi connectivity index (χ2v) is 7.23. The number of carbonyl (C=O) groups is 1. The number of rotatable bonds is 6. The standard InChI is InChI=1S/C24H26O3/c1-17(2)18-12-14-20(15-13-18)24(16-8-7-11-21(24)25)23(26)22(27-3)19-9-5-4-6-10-19/h4-17,21-22,25H,1-3H3. The number of hydrogen-bond acceptors (Lipinski definition) is 3. The molecule has 3 nitrogen and oxygen atoms in total. The Morgan fingerprint density at radius 2 is 1.67 bits per heavy atom. The van der Waals surface area contributed by atoms with Gasteiger partial charge in [0.2, 0.25) is 0 Å². The summed E-state index contributed by atoms with van der Waals surface area (Å²) in [5, 5.41) is 10.9. The van der Waals surface area contributed by atoms with Crippen molar-refractivity contribution in [1.29, 1.82) is 0 Å². The van der Waals surface area contributed by atoms with Crippen molar-refractivity contribution < 1.29 is 14.6 Å². The molecule has 0 fully saturated rings. The molecule has 0 saturated carbocycles. The molecule has 3 unspecified atom stereocenters. The van der Waals surface area contributed by atoms with E-state index in [9.17, 15) is 9.90 Å². The van der Waals surface area contributed by atoms with Crippen LogP contribution in [0.3, 0.4) is 0 Å². The van der Waals surface area contributed by atoms with Gasteiger partial charge in [-0.1, -0.05) is 92.7 Å². The fraction of sp³-hybridized carbons (Fsp3) is 0.292. The molecule has 3 atom stereocenters. The smallest absolute Gasteiger partial charge is 0.183 e. The van der Waals surface area contributed by atoms with Gasteiger partial charge in [-0.3, -0.25) is 4.79 Å². The van der Waals surface area contributed by atoms with Crippen molar-refractivity contribution in [2.24, 2.45) is 0 Å². The van der Waals surface area contributed by atoms with Crippen molar-refractivity contribution >= 4 is 5.78 Å². The van der Waals surface area contributed by atoms with E-state index in [-0.39, 0.29) is 5.78 Å². The maximum absolute atomic E-state index is 13.7. The van der Waals surface area contributed by atoms with Crippen LogP contribution in [0, 0.1) is 0 Å². The molecule has 3 heteroatoms. The molecule has 0 bridgehead atoms. The molecule has 0 radical (unpaired) electrons. The summed E-state index contributed by atoms with van der Waals surface area (Å²) in [6.07, 6.45) is 5.32. The Morgan fingerprint density at radius 1 is 1.00 bits per heavy atom. The van der Waals surface area contributed by atoms with Gasteiger partial charge in [0, 0.05) is 7.11 Å². The van der Waals surface area contributed by atoms with Gasteiger partial charge in [0.15, 0.2) is 5.78 Å².